The van der Waals surface area contributed by atoms with Crippen LogP contribution >= 0.6 is 12.2 Å². The molecule has 3 atom stereocenters. The summed E-state index contributed by atoms with van der Waals surface area (Å²) in [6.07, 6.45) is 1.98. The fourth-order valence-corrected chi connectivity index (χ4v) is 9.77. The van der Waals surface area contributed by atoms with Gasteiger partial charge in [-0.05, 0) is 124 Å². The molecule has 0 spiro atoms. The van der Waals surface area contributed by atoms with Crippen LogP contribution in [0.4, 0.5) is 9.59 Å². The second kappa shape index (κ2) is 45.0. The van der Waals surface area contributed by atoms with Crippen molar-refractivity contribution in [2.75, 3.05) is 61.5 Å². The zero-order valence-corrected chi connectivity index (χ0v) is 57.6. The SMILES string of the molecule is C=S(=O)(O)CCCNC(=O)OC(C)(C)C.CC(C)Cc1ccc(C(C)C(=O)NCCCS(=O)(=O)O)cc1.N[C@@H](Cc1ccccc1)C(=O)NCCS(=O)(=O)O.O=C(NCCCCS(=O)(=O)O)OCc1ccccc1.O=S(=O)(O)CCCNC(=S)NCc1ccccc1. The Labute approximate surface area is 548 Å². The second-order valence-corrected chi connectivity index (χ2v) is 30.5. The van der Waals surface area contributed by atoms with Crippen LogP contribution in [-0.4, -0.2) is 169 Å². The number of unbranched alkanes of at least 4 members (excludes halogenated alkanes) is 1. The minimum Gasteiger partial charge on any atom is -0.445 e. The fraction of sp³-hybridized carbons (Fsp3) is 0.492. The van der Waals surface area contributed by atoms with Gasteiger partial charge in [-0.2, -0.15) is 33.7 Å². The molecule has 33 heteroatoms. The summed E-state index contributed by atoms with van der Waals surface area (Å²) in [5.74, 6) is 1.45. The highest BCUT2D eigenvalue weighted by atomic mass is 32.2. The molecule has 0 aliphatic rings. The first-order valence-electron chi connectivity index (χ1n) is 28.9. The van der Waals surface area contributed by atoms with E-state index in [1.54, 1.807) is 20.8 Å². The summed E-state index contributed by atoms with van der Waals surface area (Å²) in [4.78, 5) is 45.9. The lowest BCUT2D eigenvalue weighted by molar-refractivity contribution is -0.123. The summed E-state index contributed by atoms with van der Waals surface area (Å²) < 4.78 is 148. The van der Waals surface area contributed by atoms with Crippen molar-refractivity contribution in [2.45, 2.75) is 117 Å². The van der Waals surface area contributed by atoms with Crippen LogP contribution in [0, 0.1) is 5.92 Å². The van der Waals surface area contributed by atoms with E-state index in [9.17, 15) is 57.1 Å². The molecule has 4 aromatic rings. The summed E-state index contributed by atoms with van der Waals surface area (Å²) in [6, 6.07) is 35.6. The Morgan fingerprint density at radius 3 is 1.38 bits per heavy atom. The molecule has 0 radical (unpaired) electrons. The minimum absolute atomic E-state index is 0.0722. The first-order chi connectivity index (χ1) is 42.6. The lowest BCUT2D eigenvalue weighted by Gasteiger charge is -2.19. The Kier molecular flexibility index (Phi) is 41.9. The second-order valence-electron chi connectivity index (χ2n) is 21.8. The first-order valence-corrected chi connectivity index (χ1v) is 37.6. The molecule has 4 aromatic carbocycles. The van der Waals surface area contributed by atoms with Crippen LogP contribution in [0.3, 0.4) is 0 Å². The molecule has 0 bridgehead atoms. The van der Waals surface area contributed by atoms with Crippen molar-refractivity contribution in [3.63, 3.8) is 0 Å². The molecule has 4 amide bonds. The predicted octanol–water partition coefficient (Wildman–Crippen LogP) is 5.54. The maximum atomic E-state index is 12.0. The van der Waals surface area contributed by atoms with E-state index in [2.05, 4.69) is 51.6 Å². The zero-order valence-electron chi connectivity index (χ0n) is 52.7. The van der Waals surface area contributed by atoms with E-state index in [1.807, 2.05) is 122 Å². The molecule has 2 unspecified atom stereocenters. The van der Waals surface area contributed by atoms with Crippen molar-refractivity contribution >= 4 is 97.5 Å². The van der Waals surface area contributed by atoms with Gasteiger partial charge in [-0.1, -0.05) is 129 Å². The molecular formula is C59H93N7O20S6. The third-order valence-electron chi connectivity index (χ3n) is 11.5. The quantitative estimate of drug-likeness (QED) is 0.0167. The number of benzene rings is 4. The maximum Gasteiger partial charge on any atom is 0.407 e. The average molecular weight is 1410 g/mol. The number of hydrogen-bond donors (Lipinski definition) is 12. The number of hydrogen-bond acceptors (Lipinski definition) is 17. The number of ether oxygens (including phenoxy) is 2. The molecule has 13 N–H and O–H groups in total. The van der Waals surface area contributed by atoms with E-state index < -0.39 is 85.8 Å². The zero-order chi connectivity index (χ0) is 70.0. The van der Waals surface area contributed by atoms with E-state index in [1.165, 1.54) is 5.56 Å². The van der Waals surface area contributed by atoms with Crippen LogP contribution in [0.2, 0.25) is 0 Å². The number of alkyl carbamates (subject to hydrolysis) is 2. The van der Waals surface area contributed by atoms with Crippen LogP contribution < -0.4 is 37.6 Å². The van der Waals surface area contributed by atoms with Gasteiger partial charge < -0.3 is 51.7 Å². The number of thiocarbonyl (C=S) groups is 1. The lowest BCUT2D eigenvalue weighted by atomic mass is 9.96. The van der Waals surface area contributed by atoms with E-state index in [4.69, 9.17) is 50.2 Å². The van der Waals surface area contributed by atoms with Crippen molar-refractivity contribution in [2.24, 2.45) is 11.7 Å². The molecule has 0 saturated heterocycles. The Morgan fingerprint density at radius 2 is 0.902 bits per heavy atom. The van der Waals surface area contributed by atoms with Crippen molar-refractivity contribution in [1.29, 1.82) is 0 Å². The van der Waals surface area contributed by atoms with Crippen LogP contribution in [0.15, 0.2) is 115 Å². The predicted molar refractivity (Wildman–Crippen MR) is 362 cm³/mol. The molecule has 0 heterocycles. The smallest absolute Gasteiger partial charge is 0.407 e. The normalized spacial score (nSPS) is 12.6. The lowest BCUT2D eigenvalue weighted by Crippen LogP contribution is -2.43. The van der Waals surface area contributed by atoms with Crippen molar-refractivity contribution in [1.82, 2.24) is 31.9 Å². The Morgan fingerprint density at radius 1 is 0.489 bits per heavy atom. The van der Waals surface area contributed by atoms with Gasteiger partial charge in [-0.25, -0.2) is 13.8 Å². The molecule has 27 nitrogen and oxygen atoms in total. The largest absolute Gasteiger partial charge is 0.445 e. The first kappa shape index (κ1) is 85.6. The standard InChI is InChI=1S/C16H25NO4S.C12H17NO5S.C11H16N2O4S.C11H16N2O3S2.C9H19NO4S/c1-12(2)11-14-5-7-15(8-6-14)13(3)16(18)17-9-4-10-22(19,20)21;14-12(13-8-4-5-9-19(15,16)17)18-10-11-6-2-1-3-7-11;12-10(8-9-4-2-1-3-5-9)11(14)13-6-7-18(15,16)17;14-18(15,16)8-4-7-12-11(17)13-9-10-5-2-1-3-6-10;1-9(2,3)14-8(11)10-6-5-7-15(4,12)13/h5-8,12-13H,4,9-11H2,1-3H3,(H,17,18)(H,19,20,21);1-3,6-7H,4-5,8-10H2,(H,13,14)(H,15,16,17);1-5,10H,6-8,12H2,(H,13,14)(H,15,16,17);1-3,5-6H,4,7-9H2,(H2,12,13,17)(H,14,15,16);4-7H2,1-3H3,(H,10,11)(H,12,13)/t;;10-;;/m..0../s1. The third-order valence-corrected chi connectivity index (χ3v) is 15.8. The van der Waals surface area contributed by atoms with Crippen molar-refractivity contribution in [3.05, 3.63) is 143 Å². The molecule has 0 aliphatic heterocycles. The molecular weight excluding hydrogens is 1320 g/mol. The van der Waals surface area contributed by atoms with Gasteiger partial charge in [0.1, 0.15) is 12.2 Å². The van der Waals surface area contributed by atoms with Gasteiger partial charge in [-0.3, -0.25) is 27.8 Å². The number of nitrogens with one attached hydrogen (secondary N) is 6. The third kappa shape index (κ3) is 54.2. The van der Waals surface area contributed by atoms with Crippen LogP contribution in [0.1, 0.15) is 107 Å². The van der Waals surface area contributed by atoms with Gasteiger partial charge in [0.05, 0.1) is 44.8 Å². The molecule has 0 fully saturated rings. The fourth-order valence-electron chi connectivity index (χ4n) is 7.05. The van der Waals surface area contributed by atoms with E-state index in [-0.39, 0.29) is 67.4 Å². The minimum atomic E-state index is -4.06. The molecule has 520 valence electrons. The number of carbonyl (C=O) groups is 4. The van der Waals surface area contributed by atoms with E-state index in [0.717, 1.165) is 28.7 Å². The summed E-state index contributed by atoms with van der Waals surface area (Å²) in [6.45, 7) is 13.3. The Balaban J connectivity index is 0.00000113. The Hall–Kier alpha value is -6.37. The maximum absolute atomic E-state index is 12.0. The average Bonchev–Trinajstić information content (AvgIpc) is 1.43. The van der Waals surface area contributed by atoms with Gasteiger partial charge in [0.2, 0.25) is 11.8 Å². The summed E-state index contributed by atoms with van der Waals surface area (Å²) in [5, 5.41) is 16.4. The van der Waals surface area contributed by atoms with Crippen LogP contribution in [-0.2, 0) is 95.3 Å². The summed E-state index contributed by atoms with van der Waals surface area (Å²) >= 11 is 5.03. The van der Waals surface area contributed by atoms with E-state index >= 15 is 0 Å². The van der Waals surface area contributed by atoms with Gasteiger partial charge in [-0.15, -0.1) is 0 Å². The van der Waals surface area contributed by atoms with Gasteiger partial charge in [0.25, 0.3) is 40.5 Å². The molecule has 0 aromatic heterocycles. The number of amides is 4. The summed E-state index contributed by atoms with van der Waals surface area (Å²) in [7, 11) is -18.8. The van der Waals surface area contributed by atoms with Crippen LogP contribution in [0.5, 0.6) is 0 Å². The highest BCUT2D eigenvalue weighted by molar-refractivity contribution is 7.95. The number of carbonyl (C=O) groups excluding carboxylic acids is 4. The summed E-state index contributed by atoms with van der Waals surface area (Å²) in [5.41, 5.74) is 10.3. The topological polar surface area (TPSA) is 440 Å². The van der Waals surface area contributed by atoms with Gasteiger partial charge in [0.15, 0.2) is 5.11 Å². The molecule has 4 rings (SSSR count). The van der Waals surface area contributed by atoms with Crippen LogP contribution in [0.25, 0.3) is 0 Å². The highest BCUT2D eigenvalue weighted by Gasteiger charge is 2.18. The van der Waals surface area contributed by atoms with Gasteiger partial charge >= 0.3 is 12.2 Å². The molecule has 0 saturated carbocycles. The number of nitrogens with two attached hydrogens (primary N) is 1. The van der Waals surface area contributed by atoms with Crippen molar-refractivity contribution in [3.8, 4) is 0 Å². The Bertz CT molecular complexity index is 3370. The van der Waals surface area contributed by atoms with E-state index in [0.29, 0.717) is 62.9 Å². The highest BCUT2D eigenvalue weighted by Crippen LogP contribution is 2.18. The van der Waals surface area contributed by atoms with Gasteiger partial charge in [0, 0.05) is 45.0 Å². The molecule has 0 aliphatic carbocycles. The molecule has 92 heavy (non-hydrogen) atoms. The number of rotatable bonds is 31. The monoisotopic (exact) mass is 1410 g/mol. The van der Waals surface area contributed by atoms with Crippen molar-refractivity contribution < 1.29 is 89.3 Å².